The van der Waals surface area contributed by atoms with E-state index in [9.17, 15) is 0 Å². The highest BCUT2D eigenvalue weighted by molar-refractivity contribution is 5.01. The number of hydrogen-bond acceptors (Lipinski definition) is 1. The number of nitrogens with zero attached hydrogens (tertiary/aromatic N) is 1. The lowest BCUT2D eigenvalue weighted by Gasteiger charge is -2.34. The molecule has 1 heteroatoms. The maximum Gasteiger partial charge on any atom is 0.0104 e. The summed E-state index contributed by atoms with van der Waals surface area (Å²) in [4.78, 5) is 2.48. The number of rotatable bonds is 8. The molecule has 0 radical (unpaired) electrons. The summed E-state index contributed by atoms with van der Waals surface area (Å²) in [6.07, 6.45) is 3.48. The van der Waals surface area contributed by atoms with Crippen molar-refractivity contribution in [1.82, 2.24) is 4.90 Å². The summed E-state index contributed by atoms with van der Waals surface area (Å²) in [5.41, 5.74) is 1.77. The first kappa shape index (κ1) is 17.7. The maximum atomic E-state index is 4.30. The molecule has 0 fully saturated rings. The normalized spacial score (nSPS) is 16.1. The van der Waals surface area contributed by atoms with Gasteiger partial charge in [-0.05, 0) is 51.5 Å². The van der Waals surface area contributed by atoms with Gasteiger partial charge >= 0.3 is 0 Å². The summed E-state index contributed by atoms with van der Waals surface area (Å²) in [6.45, 7) is 20.5. The Hall–Kier alpha value is -0.300. The van der Waals surface area contributed by atoms with Gasteiger partial charge in [0.25, 0.3) is 0 Å². The Labute approximate surface area is 116 Å². The van der Waals surface area contributed by atoms with Gasteiger partial charge in [-0.1, -0.05) is 46.8 Å². The van der Waals surface area contributed by atoms with E-state index in [0.29, 0.717) is 23.4 Å². The van der Waals surface area contributed by atoms with Gasteiger partial charge in [0.05, 0.1) is 0 Å². The molecule has 108 valence electrons. The molecule has 2 unspecified atom stereocenters. The molecule has 0 aliphatic carbocycles. The fraction of sp³-hybridized carbons (Fsp3) is 0.882. The van der Waals surface area contributed by atoms with Gasteiger partial charge in [0, 0.05) is 12.1 Å². The molecule has 0 aromatic carbocycles. The van der Waals surface area contributed by atoms with Gasteiger partial charge in [0.1, 0.15) is 0 Å². The molecule has 0 rings (SSSR count). The lowest BCUT2D eigenvalue weighted by atomic mass is 9.75. The molecular formula is C17H35N. The Bertz CT molecular complexity index is 252. The topological polar surface area (TPSA) is 3.24 Å². The third kappa shape index (κ3) is 5.56. The van der Waals surface area contributed by atoms with Crippen LogP contribution in [0, 0.1) is 11.3 Å². The summed E-state index contributed by atoms with van der Waals surface area (Å²) in [5.74, 6) is 0.705. The second kappa shape index (κ2) is 7.33. The van der Waals surface area contributed by atoms with Crippen LogP contribution in [0.3, 0.4) is 0 Å². The average Bonchev–Trinajstić information content (AvgIpc) is 2.25. The van der Waals surface area contributed by atoms with E-state index in [1.54, 1.807) is 0 Å². The van der Waals surface area contributed by atoms with E-state index in [1.165, 1.54) is 12.0 Å². The molecule has 0 saturated heterocycles. The molecule has 0 aromatic heterocycles. The Kier molecular flexibility index (Phi) is 7.21. The number of hydrogen-bond donors (Lipinski definition) is 0. The molecule has 0 aromatic rings. The van der Waals surface area contributed by atoms with Gasteiger partial charge in [-0.2, -0.15) is 0 Å². The first-order valence-electron chi connectivity index (χ1n) is 7.50. The highest BCUT2D eigenvalue weighted by Gasteiger charge is 2.24. The van der Waals surface area contributed by atoms with Crippen molar-refractivity contribution < 1.29 is 0 Å². The molecule has 0 spiro atoms. The van der Waals surface area contributed by atoms with E-state index < -0.39 is 0 Å². The van der Waals surface area contributed by atoms with E-state index in [-0.39, 0.29) is 0 Å². The van der Waals surface area contributed by atoms with Crippen LogP contribution in [0.15, 0.2) is 12.2 Å². The van der Waals surface area contributed by atoms with Crippen LogP contribution in [0.4, 0.5) is 0 Å². The minimum atomic E-state index is 0.367. The van der Waals surface area contributed by atoms with Crippen molar-refractivity contribution in [3.05, 3.63) is 12.2 Å². The quantitative estimate of drug-likeness (QED) is 0.542. The van der Waals surface area contributed by atoms with E-state index in [1.807, 2.05) is 0 Å². The van der Waals surface area contributed by atoms with Crippen LogP contribution in [-0.2, 0) is 0 Å². The predicted octanol–water partition coefficient (Wildman–Crippen LogP) is 5.12. The SMILES string of the molecule is C=C(CC(C)N(C)C(C)CC)CC(C)(C)C(C)C. The molecule has 0 heterocycles. The Morgan fingerprint density at radius 3 is 2.00 bits per heavy atom. The maximum absolute atomic E-state index is 4.30. The van der Waals surface area contributed by atoms with E-state index in [4.69, 9.17) is 0 Å². The van der Waals surface area contributed by atoms with Crippen LogP contribution in [0.2, 0.25) is 0 Å². The van der Waals surface area contributed by atoms with Crippen molar-refractivity contribution in [2.24, 2.45) is 11.3 Å². The average molecular weight is 253 g/mol. The molecule has 2 atom stereocenters. The van der Waals surface area contributed by atoms with Crippen LogP contribution < -0.4 is 0 Å². The second-order valence-electron chi connectivity index (χ2n) is 7.05. The molecule has 0 bridgehead atoms. The Morgan fingerprint density at radius 1 is 1.11 bits per heavy atom. The molecule has 18 heavy (non-hydrogen) atoms. The van der Waals surface area contributed by atoms with Crippen LogP contribution in [0.5, 0.6) is 0 Å². The van der Waals surface area contributed by atoms with Gasteiger partial charge in [0.15, 0.2) is 0 Å². The summed E-state index contributed by atoms with van der Waals surface area (Å²) >= 11 is 0. The third-order valence-corrected chi connectivity index (χ3v) is 4.83. The van der Waals surface area contributed by atoms with Crippen LogP contribution in [-0.4, -0.2) is 24.0 Å². The summed E-state index contributed by atoms with van der Waals surface area (Å²) in [5, 5.41) is 0. The van der Waals surface area contributed by atoms with Crippen LogP contribution >= 0.6 is 0 Å². The molecule has 0 aliphatic rings. The lowest BCUT2D eigenvalue weighted by Crippen LogP contribution is -2.37. The van der Waals surface area contributed by atoms with Crippen molar-refractivity contribution in [2.75, 3.05) is 7.05 Å². The van der Waals surface area contributed by atoms with Crippen molar-refractivity contribution in [3.8, 4) is 0 Å². The molecular weight excluding hydrogens is 218 g/mol. The fourth-order valence-electron chi connectivity index (χ4n) is 2.20. The zero-order chi connectivity index (χ0) is 14.5. The molecule has 0 saturated carbocycles. The monoisotopic (exact) mass is 253 g/mol. The van der Waals surface area contributed by atoms with Crippen molar-refractivity contribution >= 4 is 0 Å². The predicted molar refractivity (Wildman–Crippen MR) is 84.0 cm³/mol. The summed E-state index contributed by atoms with van der Waals surface area (Å²) < 4.78 is 0. The van der Waals surface area contributed by atoms with Gasteiger partial charge in [0.2, 0.25) is 0 Å². The van der Waals surface area contributed by atoms with Crippen LogP contribution in [0.1, 0.15) is 67.7 Å². The second-order valence-corrected chi connectivity index (χ2v) is 7.05. The van der Waals surface area contributed by atoms with Crippen molar-refractivity contribution in [3.63, 3.8) is 0 Å². The van der Waals surface area contributed by atoms with Gasteiger partial charge in [-0.15, -0.1) is 0 Å². The standard InChI is InChI=1S/C17H35N/c1-10-15(5)18(9)16(6)11-14(4)12-17(7,8)13(2)3/h13,15-16H,4,10-12H2,1-3,5-9H3. The molecule has 0 aliphatic heterocycles. The minimum absolute atomic E-state index is 0.367. The van der Waals surface area contributed by atoms with E-state index >= 15 is 0 Å². The smallest absolute Gasteiger partial charge is 0.0104 e. The van der Waals surface area contributed by atoms with Crippen molar-refractivity contribution in [1.29, 1.82) is 0 Å². The Balaban J connectivity index is 4.33. The van der Waals surface area contributed by atoms with E-state index in [2.05, 4.69) is 67.0 Å². The lowest BCUT2D eigenvalue weighted by molar-refractivity contribution is 0.183. The van der Waals surface area contributed by atoms with Gasteiger partial charge in [-0.25, -0.2) is 0 Å². The first-order valence-corrected chi connectivity index (χ1v) is 7.50. The highest BCUT2D eigenvalue weighted by Crippen LogP contribution is 2.34. The third-order valence-electron chi connectivity index (χ3n) is 4.83. The minimum Gasteiger partial charge on any atom is -0.301 e. The van der Waals surface area contributed by atoms with E-state index in [0.717, 1.165) is 12.8 Å². The first-order chi connectivity index (χ1) is 8.11. The van der Waals surface area contributed by atoms with Crippen molar-refractivity contribution in [2.45, 2.75) is 79.8 Å². The summed E-state index contributed by atoms with van der Waals surface area (Å²) in [6, 6.07) is 1.25. The molecule has 1 nitrogen and oxygen atoms in total. The molecule has 0 N–H and O–H groups in total. The van der Waals surface area contributed by atoms with Gasteiger partial charge in [-0.3, -0.25) is 0 Å². The van der Waals surface area contributed by atoms with Gasteiger partial charge < -0.3 is 4.90 Å². The largest absolute Gasteiger partial charge is 0.301 e. The summed E-state index contributed by atoms with van der Waals surface area (Å²) in [7, 11) is 2.24. The zero-order valence-electron chi connectivity index (χ0n) is 14.0. The Morgan fingerprint density at radius 2 is 1.61 bits per heavy atom. The zero-order valence-corrected chi connectivity index (χ0v) is 14.0. The van der Waals surface area contributed by atoms with Crippen LogP contribution in [0.25, 0.3) is 0 Å². The molecule has 0 amide bonds. The highest BCUT2D eigenvalue weighted by atomic mass is 15.1. The fourth-order valence-corrected chi connectivity index (χ4v) is 2.20.